The average Bonchev–Trinajstić information content (AvgIpc) is 3.12. The number of rotatable bonds is 4. The summed E-state index contributed by atoms with van der Waals surface area (Å²) in [5, 5.41) is 3.04. The van der Waals surface area contributed by atoms with E-state index in [0.717, 1.165) is 28.4 Å². The second-order valence-corrected chi connectivity index (χ2v) is 6.51. The van der Waals surface area contributed by atoms with Crippen molar-refractivity contribution in [3.63, 3.8) is 0 Å². The van der Waals surface area contributed by atoms with Crippen molar-refractivity contribution in [1.82, 2.24) is 5.32 Å². The standard InChI is InChI=1S/C17H19NO3S/c1-4-15-10(2)7-16(22-15)17(19)18-11(3)12-5-6-13-14(8-12)21-9-20-13/h5-8,11H,4,9H2,1-3H3,(H,18,19). The van der Waals surface area contributed by atoms with Crippen molar-refractivity contribution in [1.29, 1.82) is 0 Å². The number of nitrogens with one attached hydrogen (secondary N) is 1. The highest BCUT2D eigenvalue weighted by Crippen LogP contribution is 2.34. The van der Waals surface area contributed by atoms with Crippen LogP contribution in [0.1, 0.15) is 45.6 Å². The molecule has 0 saturated carbocycles. The summed E-state index contributed by atoms with van der Waals surface area (Å²) in [6, 6.07) is 7.63. The van der Waals surface area contributed by atoms with Crippen LogP contribution in [0.2, 0.25) is 0 Å². The average molecular weight is 317 g/mol. The Labute approximate surface area is 134 Å². The van der Waals surface area contributed by atoms with Crippen LogP contribution < -0.4 is 14.8 Å². The summed E-state index contributed by atoms with van der Waals surface area (Å²) in [6.07, 6.45) is 0.960. The van der Waals surface area contributed by atoms with Gasteiger partial charge in [-0.3, -0.25) is 4.79 Å². The zero-order valence-electron chi connectivity index (χ0n) is 12.9. The zero-order chi connectivity index (χ0) is 15.7. The molecule has 5 heteroatoms. The minimum absolute atomic E-state index is 0.0297. The number of carbonyl (C=O) groups is 1. The first kappa shape index (κ1) is 14.9. The summed E-state index contributed by atoms with van der Waals surface area (Å²) < 4.78 is 10.7. The molecule has 1 amide bonds. The van der Waals surface area contributed by atoms with Crippen molar-refractivity contribution in [2.24, 2.45) is 0 Å². The lowest BCUT2D eigenvalue weighted by Crippen LogP contribution is -2.25. The second-order valence-electron chi connectivity index (χ2n) is 5.38. The number of ether oxygens (including phenoxy) is 2. The van der Waals surface area contributed by atoms with E-state index in [0.29, 0.717) is 0 Å². The first-order valence-electron chi connectivity index (χ1n) is 7.38. The summed E-state index contributed by atoms with van der Waals surface area (Å²) in [6.45, 7) is 6.38. The number of thiophene rings is 1. The molecule has 22 heavy (non-hydrogen) atoms. The predicted octanol–water partition coefficient (Wildman–Crippen LogP) is 3.84. The maximum atomic E-state index is 12.4. The van der Waals surface area contributed by atoms with Crippen LogP contribution in [-0.4, -0.2) is 12.7 Å². The normalized spacial score (nSPS) is 14.0. The summed E-state index contributed by atoms with van der Waals surface area (Å²) in [7, 11) is 0. The Morgan fingerprint density at radius 1 is 1.32 bits per heavy atom. The monoisotopic (exact) mass is 317 g/mol. The third kappa shape index (κ3) is 2.81. The molecule has 1 atom stereocenters. The Bertz CT molecular complexity index is 708. The first-order valence-corrected chi connectivity index (χ1v) is 8.20. The van der Waals surface area contributed by atoms with E-state index in [-0.39, 0.29) is 18.7 Å². The van der Waals surface area contributed by atoms with Gasteiger partial charge in [0, 0.05) is 4.88 Å². The molecular formula is C17H19NO3S. The number of fused-ring (bicyclic) bond motifs is 1. The van der Waals surface area contributed by atoms with E-state index in [1.165, 1.54) is 10.4 Å². The molecule has 116 valence electrons. The largest absolute Gasteiger partial charge is 0.454 e. The van der Waals surface area contributed by atoms with Crippen LogP contribution in [0.4, 0.5) is 0 Å². The fourth-order valence-electron chi connectivity index (χ4n) is 2.52. The van der Waals surface area contributed by atoms with E-state index in [1.54, 1.807) is 11.3 Å². The molecule has 1 aromatic carbocycles. The van der Waals surface area contributed by atoms with Gasteiger partial charge in [0.2, 0.25) is 6.79 Å². The van der Waals surface area contributed by atoms with Gasteiger partial charge in [-0.25, -0.2) is 0 Å². The molecule has 1 unspecified atom stereocenters. The highest BCUT2D eigenvalue weighted by molar-refractivity contribution is 7.14. The van der Waals surface area contributed by atoms with Crippen molar-refractivity contribution in [2.45, 2.75) is 33.2 Å². The Balaban J connectivity index is 1.73. The van der Waals surface area contributed by atoms with Crippen LogP contribution in [0.25, 0.3) is 0 Å². The van der Waals surface area contributed by atoms with Crippen LogP contribution in [0, 0.1) is 6.92 Å². The summed E-state index contributed by atoms with van der Waals surface area (Å²) in [4.78, 5) is 14.4. The molecule has 2 heterocycles. The van der Waals surface area contributed by atoms with Gasteiger partial charge in [0.05, 0.1) is 10.9 Å². The van der Waals surface area contributed by atoms with Crippen LogP contribution in [-0.2, 0) is 6.42 Å². The van der Waals surface area contributed by atoms with E-state index in [2.05, 4.69) is 12.2 Å². The Morgan fingerprint density at radius 2 is 2.09 bits per heavy atom. The minimum Gasteiger partial charge on any atom is -0.454 e. The summed E-state index contributed by atoms with van der Waals surface area (Å²) >= 11 is 1.57. The lowest BCUT2D eigenvalue weighted by molar-refractivity contribution is 0.0944. The molecule has 0 bridgehead atoms. The molecule has 2 aromatic rings. The molecule has 0 radical (unpaired) electrons. The summed E-state index contributed by atoms with van der Waals surface area (Å²) in [5.41, 5.74) is 2.19. The molecule has 0 saturated heterocycles. The summed E-state index contributed by atoms with van der Waals surface area (Å²) in [5.74, 6) is 1.46. The van der Waals surface area contributed by atoms with Gasteiger partial charge in [-0.1, -0.05) is 13.0 Å². The number of hydrogen-bond donors (Lipinski definition) is 1. The quantitative estimate of drug-likeness (QED) is 0.932. The molecule has 1 N–H and O–H groups in total. The lowest BCUT2D eigenvalue weighted by atomic mass is 10.1. The Hall–Kier alpha value is -2.01. The number of carbonyl (C=O) groups excluding carboxylic acids is 1. The van der Waals surface area contributed by atoms with Crippen LogP contribution in [0.15, 0.2) is 24.3 Å². The van der Waals surface area contributed by atoms with Gasteiger partial charge in [-0.2, -0.15) is 0 Å². The maximum absolute atomic E-state index is 12.4. The van der Waals surface area contributed by atoms with Crippen molar-refractivity contribution in [3.05, 3.63) is 45.1 Å². The number of hydrogen-bond acceptors (Lipinski definition) is 4. The van der Waals surface area contributed by atoms with Crippen LogP contribution >= 0.6 is 11.3 Å². The van der Waals surface area contributed by atoms with Crippen LogP contribution in [0.3, 0.4) is 0 Å². The SMILES string of the molecule is CCc1sc(C(=O)NC(C)c2ccc3c(c2)OCO3)cc1C. The van der Waals surface area contributed by atoms with Crippen molar-refractivity contribution in [2.75, 3.05) is 6.79 Å². The fourth-order valence-corrected chi connectivity index (χ4v) is 3.53. The van der Waals surface area contributed by atoms with Crippen molar-refractivity contribution in [3.8, 4) is 11.5 Å². The van der Waals surface area contributed by atoms with Gasteiger partial charge in [-0.15, -0.1) is 11.3 Å². The third-order valence-corrected chi connectivity index (χ3v) is 5.19. The number of aryl methyl sites for hydroxylation is 2. The lowest BCUT2D eigenvalue weighted by Gasteiger charge is -2.14. The molecule has 1 aliphatic heterocycles. The fraction of sp³-hybridized carbons (Fsp3) is 0.353. The molecule has 3 rings (SSSR count). The first-order chi connectivity index (χ1) is 10.6. The molecule has 0 aliphatic carbocycles. The topological polar surface area (TPSA) is 47.6 Å². The van der Waals surface area contributed by atoms with E-state index in [9.17, 15) is 4.79 Å². The van der Waals surface area contributed by atoms with Gasteiger partial charge in [0.15, 0.2) is 11.5 Å². The molecule has 1 aromatic heterocycles. The van der Waals surface area contributed by atoms with Gasteiger partial charge >= 0.3 is 0 Å². The van der Waals surface area contributed by atoms with Crippen molar-refractivity contribution >= 4 is 17.2 Å². The van der Waals surface area contributed by atoms with E-state index >= 15 is 0 Å². The second kappa shape index (κ2) is 6.01. The smallest absolute Gasteiger partial charge is 0.261 e. The predicted molar refractivity (Wildman–Crippen MR) is 86.9 cm³/mol. The molecular weight excluding hydrogens is 298 g/mol. The molecule has 4 nitrogen and oxygen atoms in total. The highest BCUT2D eigenvalue weighted by Gasteiger charge is 2.18. The van der Waals surface area contributed by atoms with E-state index in [4.69, 9.17) is 9.47 Å². The minimum atomic E-state index is -0.0884. The maximum Gasteiger partial charge on any atom is 0.261 e. The number of amides is 1. The Kier molecular flexibility index (Phi) is 4.07. The zero-order valence-corrected chi connectivity index (χ0v) is 13.8. The van der Waals surface area contributed by atoms with Gasteiger partial charge < -0.3 is 14.8 Å². The number of benzene rings is 1. The van der Waals surface area contributed by atoms with Crippen LogP contribution in [0.5, 0.6) is 11.5 Å². The molecule has 0 spiro atoms. The van der Waals surface area contributed by atoms with Gasteiger partial charge in [0.25, 0.3) is 5.91 Å². The van der Waals surface area contributed by atoms with Gasteiger partial charge in [0.1, 0.15) is 0 Å². The third-order valence-electron chi connectivity index (χ3n) is 3.81. The highest BCUT2D eigenvalue weighted by atomic mass is 32.1. The van der Waals surface area contributed by atoms with Gasteiger partial charge in [-0.05, 0) is 49.6 Å². The van der Waals surface area contributed by atoms with E-state index < -0.39 is 0 Å². The van der Waals surface area contributed by atoms with Crippen molar-refractivity contribution < 1.29 is 14.3 Å². The van der Waals surface area contributed by atoms with E-state index in [1.807, 2.05) is 38.1 Å². The molecule has 1 aliphatic rings. The Morgan fingerprint density at radius 3 is 2.82 bits per heavy atom. The molecule has 0 fully saturated rings.